The zero-order valence-corrected chi connectivity index (χ0v) is 9.53. The van der Waals surface area contributed by atoms with Gasteiger partial charge in [-0.3, -0.25) is 9.59 Å². The molecule has 84 valence electrons. The van der Waals surface area contributed by atoms with E-state index >= 15 is 0 Å². The van der Waals surface area contributed by atoms with Crippen LogP contribution < -0.4 is 0 Å². The second-order valence-electron chi connectivity index (χ2n) is 4.41. The molecule has 1 aromatic carbocycles. The molecule has 2 rings (SSSR count). The Kier molecular flexibility index (Phi) is 3.18. The molecule has 0 radical (unpaired) electrons. The molecular formula is C14H16O2. The highest BCUT2D eigenvalue weighted by molar-refractivity contribution is 6.02. The highest BCUT2D eigenvalue weighted by Crippen LogP contribution is 2.31. The number of carbonyl (C=O) groups is 2. The monoisotopic (exact) mass is 216 g/mol. The van der Waals surface area contributed by atoms with Crippen LogP contribution >= 0.6 is 0 Å². The molecule has 0 aromatic heterocycles. The lowest BCUT2D eigenvalue weighted by Gasteiger charge is -2.22. The maximum absolute atomic E-state index is 11.4. The summed E-state index contributed by atoms with van der Waals surface area (Å²) in [4.78, 5) is 22.9. The van der Waals surface area contributed by atoms with Crippen molar-refractivity contribution in [2.75, 3.05) is 0 Å². The van der Waals surface area contributed by atoms with Gasteiger partial charge in [-0.2, -0.15) is 0 Å². The summed E-state index contributed by atoms with van der Waals surface area (Å²) < 4.78 is 0. The number of aryl methyl sites for hydroxylation is 1. The van der Waals surface area contributed by atoms with Crippen LogP contribution in [0.5, 0.6) is 0 Å². The molecule has 2 nitrogen and oxygen atoms in total. The Morgan fingerprint density at radius 1 is 1.12 bits per heavy atom. The maximum atomic E-state index is 11.4. The fourth-order valence-corrected chi connectivity index (χ4v) is 2.46. The topological polar surface area (TPSA) is 34.1 Å². The van der Waals surface area contributed by atoms with Crippen molar-refractivity contribution in [1.29, 1.82) is 0 Å². The van der Waals surface area contributed by atoms with Gasteiger partial charge in [-0.15, -0.1) is 0 Å². The Morgan fingerprint density at radius 2 is 1.75 bits per heavy atom. The SMILES string of the molecule is CCc1ccccc1C1CC(=O)CC(=O)C1. The smallest absolute Gasteiger partial charge is 0.140 e. The molecule has 0 spiro atoms. The number of ketones is 2. The molecule has 0 bridgehead atoms. The van der Waals surface area contributed by atoms with Crippen LogP contribution in [-0.4, -0.2) is 11.6 Å². The van der Waals surface area contributed by atoms with Gasteiger partial charge >= 0.3 is 0 Å². The molecule has 1 aliphatic carbocycles. The molecule has 2 heteroatoms. The van der Waals surface area contributed by atoms with E-state index < -0.39 is 0 Å². The minimum Gasteiger partial charge on any atom is -0.299 e. The molecule has 0 saturated heterocycles. The van der Waals surface area contributed by atoms with Crippen LogP contribution in [0.4, 0.5) is 0 Å². The van der Waals surface area contributed by atoms with E-state index in [0.717, 1.165) is 6.42 Å². The van der Waals surface area contributed by atoms with Crippen LogP contribution in [0, 0.1) is 0 Å². The van der Waals surface area contributed by atoms with Crippen LogP contribution in [0.2, 0.25) is 0 Å². The Hall–Kier alpha value is -1.44. The van der Waals surface area contributed by atoms with Crippen molar-refractivity contribution in [2.45, 2.75) is 38.5 Å². The molecule has 1 aliphatic rings. The normalized spacial score (nSPS) is 17.8. The summed E-state index contributed by atoms with van der Waals surface area (Å²) in [7, 11) is 0. The van der Waals surface area contributed by atoms with Crippen LogP contribution in [0.25, 0.3) is 0 Å². The van der Waals surface area contributed by atoms with E-state index in [-0.39, 0.29) is 23.9 Å². The summed E-state index contributed by atoms with van der Waals surface area (Å²) >= 11 is 0. The third-order valence-electron chi connectivity index (χ3n) is 3.22. The van der Waals surface area contributed by atoms with Gasteiger partial charge in [0.2, 0.25) is 0 Å². The van der Waals surface area contributed by atoms with Crippen molar-refractivity contribution in [1.82, 2.24) is 0 Å². The first-order chi connectivity index (χ1) is 7.70. The standard InChI is InChI=1S/C14H16O2/c1-2-10-5-3-4-6-14(10)11-7-12(15)9-13(16)8-11/h3-6,11H,2,7-9H2,1H3. The average molecular weight is 216 g/mol. The van der Waals surface area contributed by atoms with E-state index in [1.54, 1.807) is 0 Å². The largest absolute Gasteiger partial charge is 0.299 e. The van der Waals surface area contributed by atoms with Crippen molar-refractivity contribution < 1.29 is 9.59 Å². The van der Waals surface area contributed by atoms with E-state index in [4.69, 9.17) is 0 Å². The lowest BCUT2D eigenvalue weighted by Crippen LogP contribution is -2.22. The van der Waals surface area contributed by atoms with Gasteiger partial charge in [-0.25, -0.2) is 0 Å². The van der Waals surface area contributed by atoms with Crippen LogP contribution in [0.1, 0.15) is 43.2 Å². The van der Waals surface area contributed by atoms with Gasteiger partial charge in [0.05, 0.1) is 6.42 Å². The van der Waals surface area contributed by atoms with Gasteiger partial charge in [0.25, 0.3) is 0 Å². The highest BCUT2D eigenvalue weighted by atomic mass is 16.1. The molecule has 0 aliphatic heterocycles. The summed E-state index contributed by atoms with van der Waals surface area (Å²) in [5.41, 5.74) is 2.45. The van der Waals surface area contributed by atoms with Crippen LogP contribution in [-0.2, 0) is 16.0 Å². The fraction of sp³-hybridized carbons (Fsp3) is 0.429. The van der Waals surface area contributed by atoms with Crippen molar-refractivity contribution in [3.8, 4) is 0 Å². The number of rotatable bonds is 2. The van der Waals surface area contributed by atoms with Crippen molar-refractivity contribution in [3.63, 3.8) is 0 Å². The summed E-state index contributed by atoms with van der Waals surface area (Å²) in [6.45, 7) is 2.10. The van der Waals surface area contributed by atoms with Crippen LogP contribution in [0.15, 0.2) is 24.3 Å². The first-order valence-electron chi connectivity index (χ1n) is 5.82. The third kappa shape index (κ3) is 2.21. The number of hydrogen-bond acceptors (Lipinski definition) is 2. The Labute approximate surface area is 95.7 Å². The van der Waals surface area contributed by atoms with Crippen molar-refractivity contribution in [2.24, 2.45) is 0 Å². The van der Waals surface area contributed by atoms with Crippen molar-refractivity contribution >= 4 is 11.6 Å². The summed E-state index contributed by atoms with van der Waals surface area (Å²) in [6, 6.07) is 8.13. The van der Waals surface area contributed by atoms with Gasteiger partial charge in [-0.1, -0.05) is 31.2 Å². The van der Waals surface area contributed by atoms with E-state index in [9.17, 15) is 9.59 Å². The van der Waals surface area contributed by atoms with E-state index in [2.05, 4.69) is 19.1 Å². The van der Waals surface area contributed by atoms with Crippen molar-refractivity contribution in [3.05, 3.63) is 35.4 Å². The molecule has 0 heterocycles. The molecule has 0 unspecified atom stereocenters. The first kappa shape index (κ1) is 11.1. The first-order valence-corrected chi connectivity index (χ1v) is 5.82. The predicted octanol–water partition coefficient (Wildman–Crippen LogP) is 2.65. The van der Waals surface area contributed by atoms with E-state index in [1.807, 2.05) is 12.1 Å². The fourth-order valence-electron chi connectivity index (χ4n) is 2.46. The molecule has 1 aromatic rings. The van der Waals surface area contributed by atoms with Gasteiger partial charge < -0.3 is 0 Å². The average Bonchev–Trinajstić information content (AvgIpc) is 2.27. The Morgan fingerprint density at radius 3 is 2.38 bits per heavy atom. The second-order valence-corrected chi connectivity index (χ2v) is 4.41. The van der Waals surface area contributed by atoms with Gasteiger partial charge in [0.15, 0.2) is 0 Å². The third-order valence-corrected chi connectivity index (χ3v) is 3.22. The Balaban J connectivity index is 2.29. The van der Waals surface area contributed by atoms with Gasteiger partial charge in [0, 0.05) is 12.8 Å². The van der Waals surface area contributed by atoms with E-state index in [1.165, 1.54) is 11.1 Å². The molecule has 16 heavy (non-hydrogen) atoms. The highest BCUT2D eigenvalue weighted by Gasteiger charge is 2.27. The zero-order chi connectivity index (χ0) is 11.5. The minimum atomic E-state index is 0.0900. The second kappa shape index (κ2) is 4.60. The molecule has 0 atom stereocenters. The molecular weight excluding hydrogens is 200 g/mol. The Bertz CT molecular complexity index is 404. The number of Topliss-reactive ketones (excluding diaryl/α,β-unsaturated/α-hetero) is 2. The number of carbonyl (C=O) groups excluding carboxylic acids is 2. The molecule has 1 fully saturated rings. The lowest BCUT2D eigenvalue weighted by molar-refractivity contribution is -0.130. The molecule has 0 N–H and O–H groups in total. The minimum absolute atomic E-state index is 0.0900. The lowest BCUT2D eigenvalue weighted by atomic mass is 9.80. The van der Waals surface area contributed by atoms with Crippen LogP contribution in [0.3, 0.4) is 0 Å². The zero-order valence-electron chi connectivity index (χ0n) is 9.53. The number of benzene rings is 1. The quantitative estimate of drug-likeness (QED) is 0.712. The number of hydrogen-bond donors (Lipinski definition) is 0. The molecule has 1 saturated carbocycles. The summed E-state index contributed by atoms with van der Waals surface area (Å²) in [5.74, 6) is 0.296. The van der Waals surface area contributed by atoms with Gasteiger partial charge in [-0.05, 0) is 23.5 Å². The predicted molar refractivity (Wildman–Crippen MR) is 62.4 cm³/mol. The maximum Gasteiger partial charge on any atom is 0.140 e. The summed E-state index contributed by atoms with van der Waals surface area (Å²) in [6.07, 6.45) is 2.16. The van der Waals surface area contributed by atoms with Gasteiger partial charge in [0.1, 0.15) is 11.6 Å². The summed E-state index contributed by atoms with van der Waals surface area (Å²) in [5, 5.41) is 0. The molecule has 0 amide bonds. The van der Waals surface area contributed by atoms with E-state index in [0.29, 0.717) is 12.8 Å².